The van der Waals surface area contributed by atoms with Crippen LogP contribution in [0, 0.1) is 0 Å². The maximum Gasteiger partial charge on any atom is 0.0541 e. The summed E-state index contributed by atoms with van der Waals surface area (Å²) in [7, 11) is 8.42. The molecule has 4 radical (unpaired) electrons. The van der Waals surface area contributed by atoms with E-state index >= 15 is 0 Å². The molecule has 1 aromatic rings. The van der Waals surface area contributed by atoms with Crippen molar-refractivity contribution < 1.29 is 0 Å². The summed E-state index contributed by atoms with van der Waals surface area (Å²) in [5.74, 6) is 0. The lowest BCUT2D eigenvalue weighted by Crippen LogP contribution is -1.98. The third-order valence-electron chi connectivity index (χ3n) is 1.04. The monoisotopic (exact) mass is 212 g/mol. The molecular weight excluding hydrogens is 199 g/mol. The Hall–Kier alpha value is -0.00519. The van der Waals surface area contributed by atoms with Gasteiger partial charge < -0.3 is 0 Å². The standard InChI is InChI=1S/C6H6.C2H5B3.2ClH/c1-2-4-6-5-3-1;1-2-4-5-3;;/h1-6H;2H2,1H3;2*1H. The van der Waals surface area contributed by atoms with Crippen molar-refractivity contribution >= 4 is 46.8 Å². The highest BCUT2D eigenvalue weighted by molar-refractivity contribution is 7.23. The van der Waals surface area contributed by atoms with Crippen LogP contribution < -0.4 is 0 Å². The van der Waals surface area contributed by atoms with E-state index in [1.807, 2.05) is 50.5 Å². The summed E-state index contributed by atoms with van der Waals surface area (Å²) in [6.07, 6.45) is 1.04. The summed E-state index contributed by atoms with van der Waals surface area (Å²) >= 11 is 0. The average molecular weight is 213 g/mol. The fourth-order valence-corrected chi connectivity index (χ4v) is 0.521. The summed E-state index contributed by atoms with van der Waals surface area (Å²) in [6, 6.07) is 12.0. The van der Waals surface area contributed by atoms with Crippen LogP contribution >= 0.6 is 24.8 Å². The zero-order chi connectivity index (χ0) is 8.36. The van der Waals surface area contributed by atoms with E-state index in [9.17, 15) is 0 Å². The Morgan fingerprint density at radius 3 is 1.31 bits per heavy atom. The molecule has 0 fully saturated rings. The molecule has 0 aliphatic rings. The highest BCUT2D eigenvalue weighted by Crippen LogP contribution is 1.79. The van der Waals surface area contributed by atoms with Gasteiger partial charge in [0.25, 0.3) is 0 Å². The molecule has 0 heterocycles. The molecule has 0 nitrogen and oxygen atoms in total. The lowest BCUT2D eigenvalue weighted by molar-refractivity contribution is 1.47. The SMILES string of the molecule is Cl.Cl.[B][B][B]CC.c1ccccc1. The summed E-state index contributed by atoms with van der Waals surface area (Å²) in [4.78, 5) is 0. The van der Waals surface area contributed by atoms with Crippen molar-refractivity contribution in [3.05, 3.63) is 36.4 Å². The van der Waals surface area contributed by atoms with Crippen LogP contribution in [0.2, 0.25) is 6.32 Å². The van der Waals surface area contributed by atoms with Gasteiger partial charge in [0.1, 0.15) is 0 Å². The van der Waals surface area contributed by atoms with E-state index in [-0.39, 0.29) is 24.8 Å². The van der Waals surface area contributed by atoms with Gasteiger partial charge in [-0.1, -0.05) is 49.6 Å². The first-order chi connectivity index (χ1) is 5.41. The molecule has 1 rings (SSSR count). The first-order valence-electron chi connectivity index (χ1n) is 3.78. The average Bonchev–Trinajstić information content (AvgIpc) is 2.10. The number of rotatable bonds is 2. The Balaban J connectivity index is -0.000000136. The predicted molar refractivity (Wildman–Crippen MR) is 68.7 cm³/mol. The van der Waals surface area contributed by atoms with Crippen molar-refractivity contribution in [3.8, 4) is 0 Å². The van der Waals surface area contributed by atoms with E-state index < -0.39 is 0 Å². The lowest BCUT2D eigenvalue weighted by Gasteiger charge is -1.74. The second-order valence-electron chi connectivity index (χ2n) is 1.99. The van der Waals surface area contributed by atoms with E-state index in [0.29, 0.717) is 0 Å². The van der Waals surface area contributed by atoms with E-state index in [1.54, 1.807) is 7.06 Å². The number of hydrogen-bond donors (Lipinski definition) is 0. The zero-order valence-corrected chi connectivity index (χ0v) is 9.35. The minimum atomic E-state index is 0. The molecular formula is C8H13B3Cl2. The molecule has 5 heteroatoms. The van der Waals surface area contributed by atoms with E-state index in [1.165, 1.54) is 0 Å². The molecule has 0 atom stereocenters. The number of halogens is 2. The van der Waals surface area contributed by atoms with E-state index in [4.69, 9.17) is 7.74 Å². The van der Waals surface area contributed by atoms with Crippen LogP contribution in [-0.4, -0.2) is 22.0 Å². The smallest absolute Gasteiger partial charge is 0.0541 e. The van der Waals surface area contributed by atoms with Crippen LogP contribution in [0.4, 0.5) is 0 Å². The van der Waals surface area contributed by atoms with Crippen molar-refractivity contribution in [2.24, 2.45) is 0 Å². The molecule has 0 N–H and O–H groups in total. The quantitative estimate of drug-likeness (QED) is 0.661. The maximum absolute atomic E-state index is 4.96. The van der Waals surface area contributed by atoms with Gasteiger partial charge in [-0.2, -0.15) is 0 Å². The van der Waals surface area contributed by atoms with Crippen LogP contribution in [0.15, 0.2) is 36.4 Å². The molecule has 0 saturated heterocycles. The van der Waals surface area contributed by atoms with Gasteiger partial charge >= 0.3 is 0 Å². The summed E-state index contributed by atoms with van der Waals surface area (Å²) in [6.45, 7) is 2.04. The minimum absolute atomic E-state index is 0. The largest absolute Gasteiger partial charge is 0.147 e. The van der Waals surface area contributed by atoms with Crippen molar-refractivity contribution in [2.75, 3.05) is 0 Å². The van der Waals surface area contributed by atoms with Crippen LogP contribution in [-0.2, 0) is 0 Å². The second-order valence-corrected chi connectivity index (χ2v) is 1.99. The zero-order valence-electron chi connectivity index (χ0n) is 7.72. The Morgan fingerprint density at radius 1 is 0.923 bits per heavy atom. The van der Waals surface area contributed by atoms with Crippen molar-refractivity contribution in [1.82, 2.24) is 0 Å². The number of benzene rings is 1. The van der Waals surface area contributed by atoms with Crippen LogP contribution in [0.3, 0.4) is 0 Å². The first-order valence-corrected chi connectivity index (χ1v) is 3.78. The van der Waals surface area contributed by atoms with Gasteiger partial charge in [-0.25, -0.2) is 0 Å². The molecule has 0 amide bonds. The predicted octanol–water partition coefficient (Wildman–Crippen LogP) is 2.36. The van der Waals surface area contributed by atoms with Gasteiger partial charge in [-0.3, -0.25) is 0 Å². The molecule has 68 valence electrons. The molecule has 1 aromatic carbocycles. The van der Waals surface area contributed by atoms with Gasteiger partial charge in [-0.05, 0) is 0 Å². The van der Waals surface area contributed by atoms with Crippen molar-refractivity contribution in [1.29, 1.82) is 0 Å². The molecule has 0 spiro atoms. The minimum Gasteiger partial charge on any atom is -0.147 e. The molecule has 0 aromatic heterocycles. The third kappa shape index (κ3) is 18.7. The van der Waals surface area contributed by atoms with Crippen LogP contribution in [0.5, 0.6) is 0 Å². The summed E-state index contributed by atoms with van der Waals surface area (Å²) in [5.41, 5.74) is 0. The highest BCUT2D eigenvalue weighted by atomic mass is 35.5. The molecule has 0 unspecified atom stereocenters. The normalized spacial score (nSPS) is 6.23. The summed E-state index contributed by atoms with van der Waals surface area (Å²) < 4.78 is 0. The molecule has 0 bridgehead atoms. The molecule has 0 aliphatic heterocycles. The molecule has 0 saturated carbocycles. The van der Waals surface area contributed by atoms with Gasteiger partial charge in [0.2, 0.25) is 0 Å². The Labute approximate surface area is 96.6 Å². The Kier molecular flexibility index (Phi) is 25.8. The third-order valence-corrected chi connectivity index (χ3v) is 1.04. The lowest BCUT2D eigenvalue weighted by atomic mass is 9.27. The van der Waals surface area contributed by atoms with Crippen LogP contribution in [0.25, 0.3) is 0 Å². The maximum atomic E-state index is 4.96. The molecule has 0 aliphatic carbocycles. The van der Waals surface area contributed by atoms with E-state index in [2.05, 4.69) is 0 Å². The van der Waals surface area contributed by atoms with Gasteiger partial charge in [0.05, 0.1) is 7.17 Å². The van der Waals surface area contributed by atoms with Crippen molar-refractivity contribution in [2.45, 2.75) is 13.2 Å². The van der Waals surface area contributed by atoms with E-state index in [0.717, 1.165) is 6.32 Å². The number of hydrogen-bond acceptors (Lipinski definition) is 0. The highest BCUT2D eigenvalue weighted by Gasteiger charge is 1.73. The Bertz CT molecular complexity index is 121. The van der Waals surface area contributed by atoms with Crippen LogP contribution in [0.1, 0.15) is 6.92 Å². The Morgan fingerprint density at radius 2 is 1.23 bits per heavy atom. The van der Waals surface area contributed by atoms with Gasteiger partial charge in [0.15, 0.2) is 0 Å². The summed E-state index contributed by atoms with van der Waals surface area (Å²) in [5, 5.41) is 0. The fraction of sp³-hybridized carbons (Fsp3) is 0.250. The van der Waals surface area contributed by atoms with Crippen molar-refractivity contribution in [3.63, 3.8) is 0 Å². The topological polar surface area (TPSA) is 0 Å². The fourth-order valence-electron chi connectivity index (χ4n) is 0.521. The van der Waals surface area contributed by atoms with Gasteiger partial charge in [-0.15, -0.1) is 24.8 Å². The first kappa shape index (κ1) is 18.7. The second kappa shape index (κ2) is 17.9. The van der Waals surface area contributed by atoms with Gasteiger partial charge in [0, 0.05) is 14.8 Å². The molecule has 13 heavy (non-hydrogen) atoms.